The lowest BCUT2D eigenvalue weighted by Gasteiger charge is -2.08. The monoisotopic (exact) mass is 115 g/mol. The van der Waals surface area contributed by atoms with Gasteiger partial charge in [-0.2, -0.15) is 0 Å². The van der Waals surface area contributed by atoms with Gasteiger partial charge in [0.25, 0.3) is 0 Å². The molecule has 0 aromatic rings. The number of hydrogen-bond acceptors (Lipinski definition) is 3. The number of rotatable bonds is 0. The van der Waals surface area contributed by atoms with Crippen molar-refractivity contribution in [2.75, 3.05) is 0 Å². The fourth-order valence-corrected chi connectivity index (χ4v) is 0.335. The molecule has 0 saturated carbocycles. The predicted octanol–water partition coefficient (Wildman–Crippen LogP) is -0.712. The Hall–Kier alpha value is -1.39. The van der Waals surface area contributed by atoms with Crippen LogP contribution in [0, 0.1) is 0 Å². The Morgan fingerprint density at radius 3 is 2.88 bits per heavy atom. The first-order chi connectivity index (χ1) is 3.80. The second kappa shape index (κ2) is 1.61. The van der Waals surface area contributed by atoms with E-state index in [-0.39, 0.29) is 0 Å². The summed E-state index contributed by atoms with van der Waals surface area (Å²) in [7, 11) is 0. The van der Waals surface area contributed by atoms with Crippen LogP contribution in [0.15, 0.2) is 12.5 Å². The highest BCUT2D eigenvalue weighted by Gasteiger charge is 2.09. The number of amides is 2. The molecule has 1 aliphatic heterocycles. The average Bonchev–Trinajstić information content (AvgIpc) is 2.12. The molecule has 0 saturated heterocycles. The minimum atomic E-state index is -0.671. The van der Waals surface area contributed by atoms with E-state index in [0.717, 1.165) is 5.17 Å². The summed E-state index contributed by atoms with van der Waals surface area (Å²) in [5.74, 6) is 0. The molecule has 0 radical (unpaired) electrons. The number of carbonyl (C=O) groups excluding carboxylic acids is 1. The Bertz CT molecular complexity index is 124. The Labute approximate surface area is 45.6 Å². The lowest BCUT2D eigenvalue weighted by molar-refractivity contribution is -0.0610. The van der Waals surface area contributed by atoms with Crippen LogP contribution in [0.5, 0.6) is 0 Å². The molecule has 44 valence electrons. The number of hydrogen-bond donors (Lipinski definition) is 2. The predicted molar refractivity (Wildman–Crippen MR) is 24.8 cm³/mol. The third-order valence-electron chi connectivity index (χ3n) is 0.626. The molecular weight excluding hydrogens is 110 g/mol. The van der Waals surface area contributed by atoms with Crippen molar-refractivity contribution in [3.05, 3.63) is 12.5 Å². The van der Waals surface area contributed by atoms with Gasteiger partial charge in [-0.25, -0.2) is 4.79 Å². The maximum absolute atomic E-state index is 10.1. The van der Waals surface area contributed by atoms with Gasteiger partial charge in [-0.1, -0.05) is 5.17 Å². The molecule has 1 rings (SSSR count). The third kappa shape index (κ3) is 0.651. The summed E-state index contributed by atoms with van der Waals surface area (Å²) in [5.41, 5.74) is 7.17. The van der Waals surface area contributed by atoms with Crippen LogP contribution in [0.2, 0.25) is 0 Å². The summed E-state index contributed by atoms with van der Waals surface area (Å²) in [6.45, 7) is 0. The smallest absolute Gasteiger partial charge is 0.361 e. The largest absolute Gasteiger partial charge is 0.368 e. The molecule has 0 aromatic heterocycles. The molecular formula is C3H5N3O2. The van der Waals surface area contributed by atoms with E-state index in [9.17, 15) is 4.79 Å². The molecule has 0 bridgehead atoms. The first-order valence-electron chi connectivity index (χ1n) is 1.98. The number of hydroxylamine groups is 1. The highest BCUT2D eigenvalue weighted by atomic mass is 16.7. The van der Waals surface area contributed by atoms with Crippen molar-refractivity contribution in [1.29, 1.82) is 0 Å². The van der Waals surface area contributed by atoms with E-state index in [1.807, 2.05) is 0 Å². The van der Waals surface area contributed by atoms with Gasteiger partial charge in [0, 0.05) is 0 Å². The molecule has 1 heterocycles. The maximum atomic E-state index is 10.1. The van der Waals surface area contributed by atoms with Crippen molar-refractivity contribution in [1.82, 2.24) is 10.6 Å². The first-order valence-corrected chi connectivity index (χ1v) is 1.98. The third-order valence-corrected chi connectivity index (χ3v) is 0.626. The summed E-state index contributed by atoms with van der Waals surface area (Å²) < 4.78 is 0. The summed E-state index contributed by atoms with van der Waals surface area (Å²) in [4.78, 5) is 14.6. The number of nitrogens with zero attached hydrogens (tertiary/aromatic N) is 1. The van der Waals surface area contributed by atoms with E-state index in [1.54, 1.807) is 0 Å². The number of primary amides is 1. The Kier molecular flexibility index (Phi) is 0.957. The zero-order chi connectivity index (χ0) is 5.98. The lowest BCUT2D eigenvalue weighted by Crippen LogP contribution is -2.39. The van der Waals surface area contributed by atoms with Gasteiger partial charge in [-0.3, -0.25) is 5.43 Å². The van der Waals surface area contributed by atoms with Crippen molar-refractivity contribution in [3.63, 3.8) is 0 Å². The standard InChI is InChI=1S/C3H5N3O2/c4-3(7)6-5-1-2-8-6/h1-2,5H,(H2,4,7). The molecule has 0 atom stereocenters. The summed E-state index contributed by atoms with van der Waals surface area (Å²) in [6, 6.07) is -0.671. The van der Waals surface area contributed by atoms with E-state index < -0.39 is 6.03 Å². The zero-order valence-corrected chi connectivity index (χ0v) is 4.00. The van der Waals surface area contributed by atoms with Gasteiger partial charge < -0.3 is 10.6 Å². The van der Waals surface area contributed by atoms with E-state index >= 15 is 0 Å². The molecule has 5 heteroatoms. The highest BCUT2D eigenvalue weighted by molar-refractivity contribution is 5.70. The van der Waals surface area contributed by atoms with E-state index in [1.165, 1.54) is 12.5 Å². The molecule has 8 heavy (non-hydrogen) atoms. The molecule has 5 nitrogen and oxygen atoms in total. The van der Waals surface area contributed by atoms with Crippen LogP contribution in [0.4, 0.5) is 4.79 Å². The van der Waals surface area contributed by atoms with Gasteiger partial charge in [0.15, 0.2) is 0 Å². The summed E-state index contributed by atoms with van der Waals surface area (Å²) in [6.07, 6.45) is 2.76. The minimum absolute atomic E-state index is 0.671. The van der Waals surface area contributed by atoms with Crippen molar-refractivity contribution in [2.45, 2.75) is 0 Å². The normalized spacial score (nSPS) is 15.2. The molecule has 0 unspecified atom stereocenters. The fraction of sp³-hybridized carbons (Fsp3) is 0. The minimum Gasteiger partial charge on any atom is -0.361 e. The van der Waals surface area contributed by atoms with Crippen LogP contribution in [0.25, 0.3) is 0 Å². The molecule has 0 aliphatic carbocycles. The van der Waals surface area contributed by atoms with Gasteiger partial charge in [-0.05, 0) is 0 Å². The van der Waals surface area contributed by atoms with Crippen molar-refractivity contribution in [2.24, 2.45) is 5.73 Å². The van der Waals surface area contributed by atoms with Gasteiger partial charge >= 0.3 is 6.03 Å². The van der Waals surface area contributed by atoms with Gasteiger partial charge in [0.1, 0.15) is 6.26 Å². The van der Waals surface area contributed by atoms with Crippen molar-refractivity contribution >= 4 is 6.03 Å². The number of carbonyl (C=O) groups is 1. The quantitative estimate of drug-likeness (QED) is 0.438. The summed E-state index contributed by atoms with van der Waals surface area (Å²) in [5, 5.41) is 0.806. The number of urea groups is 1. The average molecular weight is 115 g/mol. The van der Waals surface area contributed by atoms with Crippen molar-refractivity contribution in [3.8, 4) is 0 Å². The van der Waals surface area contributed by atoms with E-state index in [2.05, 4.69) is 10.3 Å². The molecule has 1 aliphatic rings. The summed E-state index contributed by atoms with van der Waals surface area (Å²) >= 11 is 0. The van der Waals surface area contributed by atoms with Gasteiger partial charge in [0.2, 0.25) is 0 Å². The van der Waals surface area contributed by atoms with Gasteiger partial charge in [-0.15, -0.1) is 0 Å². The Balaban J connectivity index is 2.41. The second-order valence-corrected chi connectivity index (χ2v) is 1.17. The van der Waals surface area contributed by atoms with Crippen LogP contribution in [-0.4, -0.2) is 11.2 Å². The molecule has 3 N–H and O–H groups in total. The zero-order valence-electron chi connectivity index (χ0n) is 4.00. The first kappa shape index (κ1) is 4.76. The van der Waals surface area contributed by atoms with Crippen LogP contribution < -0.4 is 11.2 Å². The van der Waals surface area contributed by atoms with Crippen molar-refractivity contribution < 1.29 is 9.63 Å². The molecule has 2 amide bonds. The van der Waals surface area contributed by atoms with E-state index in [0.29, 0.717) is 0 Å². The number of hydrazine groups is 1. The van der Waals surface area contributed by atoms with Crippen LogP contribution >= 0.6 is 0 Å². The van der Waals surface area contributed by atoms with Crippen LogP contribution in [0.3, 0.4) is 0 Å². The second-order valence-electron chi connectivity index (χ2n) is 1.17. The van der Waals surface area contributed by atoms with Crippen LogP contribution in [0.1, 0.15) is 0 Å². The maximum Gasteiger partial charge on any atom is 0.368 e. The molecule has 0 fully saturated rings. The van der Waals surface area contributed by atoms with E-state index in [4.69, 9.17) is 5.73 Å². The highest BCUT2D eigenvalue weighted by Crippen LogP contribution is 1.91. The molecule has 0 aromatic carbocycles. The SMILES string of the molecule is NC(=O)N1NC=CO1. The lowest BCUT2D eigenvalue weighted by atomic mass is 11.0. The van der Waals surface area contributed by atoms with Crippen LogP contribution in [-0.2, 0) is 4.84 Å². The van der Waals surface area contributed by atoms with Gasteiger partial charge in [0.05, 0.1) is 6.20 Å². The Morgan fingerprint density at radius 1 is 1.88 bits per heavy atom. The molecule has 0 spiro atoms. The fourth-order valence-electron chi connectivity index (χ4n) is 0.335. The Morgan fingerprint density at radius 2 is 2.62 bits per heavy atom. The number of nitrogens with two attached hydrogens (primary N) is 1. The number of nitrogens with one attached hydrogen (secondary N) is 1. The topological polar surface area (TPSA) is 67.6 Å².